The lowest BCUT2D eigenvalue weighted by molar-refractivity contribution is -0.122. The van der Waals surface area contributed by atoms with Gasteiger partial charge in [0.15, 0.2) is 0 Å². The van der Waals surface area contributed by atoms with E-state index in [2.05, 4.69) is 24.5 Å². The highest BCUT2D eigenvalue weighted by Gasteiger charge is 2.36. The van der Waals surface area contributed by atoms with Crippen molar-refractivity contribution in [3.63, 3.8) is 0 Å². The van der Waals surface area contributed by atoms with E-state index in [4.69, 9.17) is 4.42 Å². The molecule has 9 heteroatoms. The van der Waals surface area contributed by atoms with Gasteiger partial charge in [-0.2, -0.15) is 4.31 Å². The fourth-order valence-electron chi connectivity index (χ4n) is 4.30. The number of sulfonamides is 1. The molecule has 1 saturated heterocycles. The van der Waals surface area contributed by atoms with Gasteiger partial charge in [-0.1, -0.05) is 13.8 Å². The number of nitrogens with one attached hydrogen (secondary N) is 2. The van der Waals surface area contributed by atoms with Crippen molar-refractivity contribution >= 4 is 21.8 Å². The number of nitrogens with zero attached hydrogens (tertiary/aromatic N) is 1. The third kappa shape index (κ3) is 4.38. The van der Waals surface area contributed by atoms with Gasteiger partial charge in [0.05, 0.1) is 17.5 Å². The van der Waals surface area contributed by atoms with E-state index in [0.29, 0.717) is 5.56 Å². The van der Waals surface area contributed by atoms with Crippen molar-refractivity contribution in [1.29, 1.82) is 0 Å². The summed E-state index contributed by atoms with van der Waals surface area (Å²) in [6.45, 7) is 6.50. The van der Waals surface area contributed by atoms with Crippen LogP contribution in [0.25, 0.3) is 0 Å². The first-order valence-electron chi connectivity index (χ1n) is 10.3. The molecule has 2 heterocycles. The van der Waals surface area contributed by atoms with E-state index < -0.39 is 10.0 Å². The van der Waals surface area contributed by atoms with Crippen LogP contribution in [0.1, 0.15) is 53.8 Å². The number of benzene rings is 1. The van der Waals surface area contributed by atoms with E-state index in [1.807, 2.05) is 13.0 Å². The van der Waals surface area contributed by atoms with Crippen LogP contribution < -0.4 is 10.6 Å². The minimum absolute atomic E-state index is 0.00604. The molecule has 31 heavy (non-hydrogen) atoms. The zero-order valence-electron chi connectivity index (χ0n) is 17.9. The number of aryl methyl sites for hydroxylation is 1. The average Bonchev–Trinajstić information content (AvgIpc) is 3.07. The summed E-state index contributed by atoms with van der Waals surface area (Å²) in [6.07, 6.45) is 1.61. The summed E-state index contributed by atoms with van der Waals surface area (Å²) < 4.78 is 32.5. The number of hydrogen-bond acceptors (Lipinski definition) is 5. The van der Waals surface area contributed by atoms with Gasteiger partial charge in [0.25, 0.3) is 5.91 Å². The lowest BCUT2D eigenvalue weighted by atomic mass is 9.74. The fourth-order valence-corrected chi connectivity index (χ4v) is 5.70. The van der Waals surface area contributed by atoms with Gasteiger partial charge in [-0.05, 0) is 49.1 Å². The van der Waals surface area contributed by atoms with Crippen molar-refractivity contribution < 1.29 is 22.4 Å². The summed E-state index contributed by atoms with van der Waals surface area (Å²) in [5, 5.41) is 5.68. The summed E-state index contributed by atoms with van der Waals surface area (Å²) >= 11 is 0. The van der Waals surface area contributed by atoms with Crippen LogP contribution >= 0.6 is 0 Å². The highest BCUT2D eigenvalue weighted by molar-refractivity contribution is 7.89. The summed E-state index contributed by atoms with van der Waals surface area (Å²) in [5.41, 5.74) is 1.38. The molecule has 2 aliphatic rings. The average molecular weight is 446 g/mol. The third-order valence-corrected chi connectivity index (χ3v) is 7.66. The lowest BCUT2D eigenvalue weighted by Crippen LogP contribution is -2.49. The van der Waals surface area contributed by atoms with Crippen molar-refractivity contribution in [2.75, 3.05) is 19.6 Å². The van der Waals surface area contributed by atoms with Gasteiger partial charge in [0.2, 0.25) is 15.9 Å². The summed E-state index contributed by atoms with van der Waals surface area (Å²) in [7, 11) is -3.79. The Morgan fingerprint density at radius 3 is 2.65 bits per heavy atom. The quantitative estimate of drug-likeness (QED) is 0.750. The van der Waals surface area contributed by atoms with Crippen LogP contribution in [0.5, 0.6) is 0 Å². The first-order valence-corrected chi connectivity index (χ1v) is 11.8. The molecule has 1 aliphatic heterocycles. The molecule has 1 aliphatic carbocycles. The maximum atomic E-state index is 12.9. The molecule has 1 aromatic carbocycles. The van der Waals surface area contributed by atoms with Crippen LogP contribution in [0.2, 0.25) is 0 Å². The van der Waals surface area contributed by atoms with E-state index in [1.54, 1.807) is 0 Å². The maximum Gasteiger partial charge on any atom is 0.251 e. The molecule has 8 nitrogen and oxygen atoms in total. The standard InChI is InChI=1S/C22H27N3O5S/c1-14-10-17-18(11-22(2,3)12-19(17)30-14)24-21(27)15-4-6-16(7-5-15)31(28,29)25-9-8-23-20(26)13-25/h4-7,10,18H,8-9,11-13H2,1-3H3,(H,23,26)(H,24,27). The minimum atomic E-state index is -3.79. The maximum absolute atomic E-state index is 12.9. The Labute approximate surface area is 182 Å². The Kier molecular flexibility index (Phi) is 5.43. The molecule has 4 rings (SSSR count). The number of carbonyl (C=O) groups is 2. The number of amides is 2. The van der Waals surface area contributed by atoms with Crippen LogP contribution in [-0.4, -0.2) is 44.2 Å². The largest absolute Gasteiger partial charge is 0.466 e. The molecule has 0 bridgehead atoms. The Morgan fingerprint density at radius 1 is 1.26 bits per heavy atom. The van der Waals surface area contributed by atoms with Crippen molar-refractivity contribution in [2.45, 2.75) is 44.6 Å². The molecule has 2 aromatic rings. The van der Waals surface area contributed by atoms with Gasteiger partial charge in [-0.15, -0.1) is 0 Å². The molecular formula is C22H27N3O5S. The third-order valence-electron chi connectivity index (χ3n) is 5.80. The zero-order valence-corrected chi connectivity index (χ0v) is 18.7. The van der Waals surface area contributed by atoms with E-state index in [0.717, 1.165) is 34.2 Å². The molecule has 1 aromatic heterocycles. The number of furan rings is 1. The van der Waals surface area contributed by atoms with E-state index in [-0.39, 0.29) is 47.8 Å². The number of fused-ring (bicyclic) bond motifs is 1. The Hall–Kier alpha value is -2.65. The Balaban J connectivity index is 1.51. The molecule has 2 N–H and O–H groups in total. The SMILES string of the molecule is Cc1cc2c(o1)CC(C)(C)CC2NC(=O)c1ccc(S(=O)(=O)N2CCNC(=O)C2)cc1. The summed E-state index contributed by atoms with van der Waals surface area (Å²) in [4.78, 5) is 24.5. The van der Waals surface area contributed by atoms with Gasteiger partial charge in [-0.3, -0.25) is 9.59 Å². The number of rotatable bonds is 4. The first kappa shape index (κ1) is 21.6. The van der Waals surface area contributed by atoms with Crippen molar-refractivity contribution in [3.05, 3.63) is 53.0 Å². The van der Waals surface area contributed by atoms with Gasteiger partial charge >= 0.3 is 0 Å². The number of carbonyl (C=O) groups excluding carboxylic acids is 2. The second-order valence-electron chi connectivity index (χ2n) is 9.02. The summed E-state index contributed by atoms with van der Waals surface area (Å²) in [6, 6.07) is 7.63. The molecule has 0 spiro atoms. The van der Waals surface area contributed by atoms with Crippen LogP contribution in [0, 0.1) is 12.3 Å². The van der Waals surface area contributed by atoms with Crippen LogP contribution in [0.4, 0.5) is 0 Å². The van der Waals surface area contributed by atoms with Gasteiger partial charge in [0, 0.05) is 30.6 Å². The molecule has 1 unspecified atom stereocenters. The topological polar surface area (TPSA) is 109 Å². The fraction of sp³-hybridized carbons (Fsp3) is 0.455. The van der Waals surface area contributed by atoms with Crippen LogP contribution in [-0.2, 0) is 21.2 Å². The van der Waals surface area contributed by atoms with Crippen molar-refractivity contribution in [3.8, 4) is 0 Å². The predicted octanol–water partition coefficient (Wildman–Crippen LogP) is 2.15. The predicted molar refractivity (Wildman–Crippen MR) is 114 cm³/mol. The van der Waals surface area contributed by atoms with E-state index in [9.17, 15) is 18.0 Å². The van der Waals surface area contributed by atoms with Gasteiger partial charge in [0.1, 0.15) is 11.5 Å². The first-order chi connectivity index (χ1) is 14.5. The van der Waals surface area contributed by atoms with Crippen LogP contribution in [0.15, 0.2) is 39.6 Å². The van der Waals surface area contributed by atoms with Crippen molar-refractivity contribution in [2.24, 2.45) is 5.41 Å². The van der Waals surface area contributed by atoms with E-state index in [1.165, 1.54) is 24.3 Å². The lowest BCUT2D eigenvalue weighted by Gasteiger charge is -2.34. The second kappa shape index (κ2) is 7.80. The zero-order chi connectivity index (χ0) is 22.4. The molecule has 1 fully saturated rings. The molecule has 1 atom stereocenters. The Morgan fingerprint density at radius 2 is 1.97 bits per heavy atom. The van der Waals surface area contributed by atoms with Crippen LogP contribution in [0.3, 0.4) is 0 Å². The number of hydrogen-bond donors (Lipinski definition) is 2. The van der Waals surface area contributed by atoms with Gasteiger partial charge < -0.3 is 15.1 Å². The minimum Gasteiger partial charge on any atom is -0.466 e. The molecule has 166 valence electrons. The second-order valence-corrected chi connectivity index (χ2v) is 11.0. The molecule has 0 saturated carbocycles. The summed E-state index contributed by atoms with van der Waals surface area (Å²) in [5.74, 6) is 1.14. The normalized spacial score (nSPS) is 21.3. The highest BCUT2D eigenvalue weighted by atomic mass is 32.2. The molecule has 2 amide bonds. The van der Waals surface area contributed by atoms with Crippen molar-refractivity contribution in [1.82, 2.24) is 14.9 Å². The smallest absolute Gasteiger partial charge is 0.251 e. The Bertz CT molecular complexity index is 1120. The molecule has 0 radical (unpaired) electrons. The highest BCUT2D eigenvalue weighted by Crippen LogP contribution is 2.42. The number of piperazine rings is 1. The monoisotopic (exact) mass is 445 g/mol. The van der Waals surface area contributed by atoms with E-state index >= 15 is 0 Å². The van der Waals surface area contributed by atoms with Gasteiger partial charge in [-0.25, -0.2) is 8.42 Å². The molecular weight excluding hydrogens is 418 g/mol.